The number of nitrogens with two attached hydrogens (primary N) is 1. The predicted octanol–water partition coefficient (Wildman–Crippen LogP) is 1.36. The molecule has 0 radical (unpaired) electrons. The van der Waals surface area contributed by atoms with Gasteiger partial charge in [0.15, 0.2) is 5.13 Å². The molecule has 0 atom stereocenters. The maximum absolute atomic E-state index is 11.7. The Balaban J connectivity index is 2.44. The molecule has 0 unspecified atom stereocenters. The molecule has 0 bridgehead atoms. The summed E-state index contributed by atoms with van der Waals surface area (Å²) >= 11 is 1.08. The fraction of sp³-hybridized carbons (Fsp3) is 0.200. The van der Waals surface area contributed by atoms with Crippen molar-refractivity contribution in [2.75, 3.05) is 12.3 Å². The molecule has 2 aromatic rings. The number of hydrogen-bond donors (Lipinski definition) is 1. The van der Waals surface area contributed by atoms with Crippen LogP contribution in [-0.4, -0.2) is 27.5 Å². The lowest BCUT2D eigenvalue weighted by atomic mass is 10.3. The monoisotopic (exact) mass is 250 g/mol. The van der Waals surface area contributed by atoms with Gasteiger partial charge >= 0.3 is 5.97 Å². The summed E-state index contributed by atoms with van der Waals surface area (Å²) < 4.78 is 4.93. The molecule has 2 N–H and O–H groups in total. The molecule has 0 fully saturated rings. The maximum Gasteiger partial charge on any atom is 0.350 e. The van der Waals surface area contributed by atoms with Crippen LogP contribution in [0.25, 0.3) is 11.4 Å². The van der Waals surface area contributed by atoms with E-state index in [1.54, 1.807) is 13.1 Å². The number of anilines is 1. The maximum atomic E-state index is 11.7. The third kappa shape index (κ3) is 2.39. The second-order valence-corrected chi connectivity index (χ2v) is 4.07. The highest BCUT2D eigenvalue weighted by atomic mass is 32.1. The van der Waals surface area contributed by atoms with Crippen molar-refractivity contribution in [1.29, 1.82) is 0 Å². The van der Waals surface area contributed by atoms with Crippen LogP contribution in [0, 0.1) is 0 Å². The highest BCUT2D eigenvalue weighted by molar-refractivity contribution is 7.17. The third-order valence-electron chi connectivity index (χ3n) is 1.91. The van der Waals surface area contributed by atoms with Gasteiger partial charge in [0.05, 0.1) is 12.8 Å². The van der Waals surface area contributed by atoms with Crippen molar-refractivity contribution in [2.24, 2.45) is 0 Å². The average Bonchev–Trinajstić information content (AvgIpc) is 2.73. The van der Waals surface area contributed by atoms with Crippen molar-refractivity contribution in [3.8, 4) is 11.4 Å². The minimum Gasteiger partial charge on any atom is -0.462 e. The standard InChI is InChI=1S/C10H10N4O2S/c1-2-16-9(15)8-7(14-10(11)17-8)6-5-12-3-4-13-6/h3-5H,2H2,1H3,(H2,11,14). The molecule has 0 spiro atoms. The normalized spacial score (nSPS) is 10.2. The largest absolute Gasteiger partial charge is 0.462 e. The number of esters is 1. The zero-order chi connectivity index (χ0) is 12.3. The Morgan fingerprint density at radius 2 is 2.35 bits per heavy atom. The van der Waals surface area contributed by atoms with Crippen molar-refractivity contribution < 1.29 is 9.53 Å². The van der Waals surface area contributed by atoms with E-state index in [2.05, 4.69) is 15.0 Å². The van der Waals surface area contributed by atoms with E-state index in [4.69, 9.17) is 10.5 Å². The number of aromatic nitrogens is 3. The van der Waals surface area contributed by atoms with E-state index in [1.165, 1.54) is 12.4 Å². The molecule has 88 valence electrons. The van der Waals surface area contributed by atoms with Gasteiger partial charge in [0.25, 0.3) is 0 Å². The fourth-order valence-electron chi connectivity index (χ4n) is 1.27. The van der Waals surface area contributed by atoms with Gasteiger partial charge < -0.3 is 10.5 Å². The van der Waals surface area contributed by atoms with Gasteiger partial charge in [-0.25, -0.2) is 9.78 Å². The van der Waals surface area contributed by atoms with Crippen molar-refractivity contribution in [1.82, 2.24) is 15.0 Å². The van der Waals surface area contributed by atoms with Crippen molar-refractivity contribution in [2.45, 2.75) is 6.92 Å². The molecule has 0 amide bonds. The van der Waals surface area contributed by atoms with E-state index >= 15 is 0 Å². The molecule has 17 heavy (non-hydrogen) atoms. The number of nitrogen functional groups attached to an aromatic ring is 1. The molecule has 2 heterocycles. The van der Waals surface area contributed by atoms with E-state index < -0.39 is 5.97 Å². The highest BCUT2D eigenvalue weighted by Crippen LogP contribution is 2.28. The zero-order valence-electron chi connectivity index (χ0n) is 9.08. The Labute approximate surface area is 101 Å². The van der Waals surface area contributed by atoms with Crippen LogP contribution >= 0.6 is 11.3 Å². The summed E-state index contributed by atoms with van der Waals surface area (Å²) in [7, 11) is 0. The Morgan fingerprint density at radius 3 is 3.00 bits per heavy atom. The fourth-order valence-corrected chi connectivity index (χ4v) is 2.00. The molecule has 0 aliphatic carbocycles. The van der Waals surface area contributed by atoms with Crippen LogP contribution in [0.1, 0.15) is 16.6 Å². The quantitative estimate of drug-likeness (QED) is 0.827. The molecule has 2 rings (SSSR count). The number of hydrogen-bond acceptors (Lipinski definition) is 7. The van der Waals surface area contributed by atoms with Crippen LogP contribution < -0.4 is 5.73 Å². The van der Waals surface area contributed by atoms with Crippen LogP contribution in [0.2, 0.25) is 0 Å². The summed E-state index contributed by atoms with van der Waals surface area (Å²) in [5.74, 6) is -0.442. The van der Waals surface area contributed by atoms with Crippen LogP contribution in [0.4, 0.5) is 5.13 Å². The lowest BCUT2D eigenvalue weighted by Crippen LogP contribution is -2.04. The topological polar surface area (TPSA) is 91.0 Å². The summed E-state index contributed by atoms with van der Waals surface area (Å²) in [4.78, 5) is 24.1. The average molecular weight is 250 g/mol. The van der Waals surface area contributed by atoms with Gasteiger partial charge in [-0.3, -0.25) is 9.97 Å². The van der Waals surface area contributed by atoms with Gasteiger partial charge in [-0.1, -0.05) is 11.3 Å². The van der Waals surface area contributed by atoms with Crippen molar-refractivity contribution in [3.63, 3.8) is 0 Å². The first-order chi connectivity index (χ1) is 8.22. The van der Waals surface area contributed by atoms with Gasteiger partial charge in [0, 0.05) is 12.4 Å². The molecule has 2 aromatic heterocycles. The molecule has 0 saturated carbocycles. The SMILES string of the molecule is CCOC(=O)c1sc(N)nc1-c1cnccn1. The second kappa shape index (κ2) is 4.88. The predicted molar refractivity (Wildman–Crippen MR) is 63.5 cm³/mol. The van der Waals surface area contributed by atoms with E-state index in [0.29, 0.717) is 28.0 Å². The van der Waals surface area contributed by atoms with Gasteiger partial charge in [0.1, 0.15) is 16.3 Å². The molecular formula is C10H10N4O2S. The Kier molecular flexibility index (Phi) is 3.29. The number of carbonyl (C=O) groups excluding carboxylic acids is 1. The van der Waals surface area contributed by atoms with E-state index in [9.17, 15) is 4.79 Å². The van der Waals surface area contributed by atoms with Gasteiger partial charge in [-0.2, -0.15) is 0 Å². The third-order valence-corrected chi connectivity index (χ3v) is 2.77. The molecule has 0 aliphatic rings. The zero-order valence-corrected chi connectivity index (χ0v) is 9.90. The van der Waals surface area contributed by atoms with Gasteiger partial charge in [0.2, 0.25) is 0 Å². The Morgan fingerprint density at radius 1 is 1.53 bits per heavy atom. The molecule has 0 aromatic carbocycles. The van der Waals surface area contributed by atoms with Crippen LogP contribution in [0.15, 0.2) is 18.6 Å². The molecule has 7 heteroatoms. The number of carbonyl (C=O) groups is 1. The highest BCUT2D eigenvalue weighted by Gasteiger charge is 2.20. The summed E-state index contributed by atoms with van der Waals surface area (Å²) in [6.07, 6.45) is 4.60. The van der Waals surface area contributed by atoms with Crippen LogP contribution in [0.3, 0.4) is 0 Å². The minimum absolute atomic E-state index is 0.300. The van der Waals surface area contributed by atoms with E-state index in [0.717, 1.165) is 11.3 Å². The van der Waals surface area contributed by atoms with Crippen LogP contribution in [-0.2, 0) is 4.74 Å². The number of nitrogens with zero attached hydrogens (tertiary/aromatic N) is 3. The molecule has 6 nitrogen and oxygen atoms in total. The number of ether oxygens (including phenoxy) is 1. The Bertz CT molecular complexity index is 526. The minimum atomic E-state index is -0.442. The number of rotatable bonds is 3. The summed E-state index contributed by atoms with van der Waals surface area (Å²) in [5, 5.41) is 0.300. The van der Waals surface area contributed by atoms with Gasteiger partial charge in [-0.05, 0) is 6.92 Å². The number of thiazole rings is 1. The lowest BCUT2D eigenvalue weighted by Gasteiger charge is -2.00. The summed E-state index contributed by atoms with van der Waals surface area (Å²) in [6.45, 7) is 2.04. The van der Waals surface area contributed by atoms with Gasteiger partial charge in [-0.15, -0.1) is 0 Å². The first-order valence-electron chi connectivity index (χ1n) is 4.92. The van der Waals surface area contributed by atoms with E-state index in [-0.39, 0.29) is 0 Å². The van der Waals surface area contributed by atoms with Crippen molar-refractivity contribution >= 4 is 22.4 Å². The first kappa shape index (κ1) is 11.5. The van der Waals surface area contributed by atoms with E-state index in [1.807, 2.05) is 0 Å². The Hall–Kier alpha value is -2.02. The second-order valence-electron chi connectivity index (χ2n) is 3.04. The van der Waals surface area contributed by atoms with Crippen molar-refractivity contribution in [3.05, 3.63) is 23.5 Å². The molecule has 0 aliphatic heterocycles. The summed E-state index contributed by atoms with van der Waals surface area (Å²) in [5.41, 5.74) is 6.52. The molecule has 0 saturated heterocycles. The summed E-state index contributed by atoms with van der Waals surface area (Å²) in [6, 6.07) is 0. The lowest BCUT2D eigenvalue weighted by molar-refractivity contribution is 0.0532. The smallest absolute Gasteiger partial charge is 0.350 e. The first-order valence-corrected chi connectivity index (χ1v) is 5.73. The molecular weight excluding hydrogens is 240 g/mol. The van der Waals surface area contributed by atoms with Crippen LogP contribution in [0.5, 0.6) is 0 Å².